The summed E-state index contributed by atoms with van der Waals surface area (Å²) < 4.78 is 0. The Kier molecular flexibility index (Phi) is 3.02. The molecule has 0 unspecified atom stereocenters. The average Bonchev–Trinajstić information content (AvgIpc) is 2.24. The fourth-order valence-corrected chi connectivity index (χ4v) is 1.86. The Morgan fingerprint density at radius 3 is 2.56 bits per heavy atom. The van der Waals surface area contributed by atoms with E-state index in [2.05, 4.69) is 0 Å². The Labute approximate surface area is 99.8 Å². The summed E-state index contributed by atoms with van der Waals surface area (Å²) in [5.41, 5.74) is 15.3. The summed E-state index contributed by atoms with van der Waals surface area (Å²) in [6.45, 7) is 0. The smallest absolute Gasteiger partial charge is 0.0408 e. The normalized spacial score (nSPS) is 10.3. The van der Waals surface area contributed by atoms with Gasteiger partial charge in [-0.1, -0.05) is 23.7 Å². The third-order valence-electron chi connectivity index (χ3n) is 2.45. The van der Waals surface area contributed by atoms with Crippen LogP contribution in [0.15, 0.2) is 42.5 Å². The van der Waals surface area contributed by atoms with Gasteiger partial charge in [0.2, 0.25) is 0 Å². The van der Waals surface area contributed by atoms with Crippen LogP contribution in [0.1, 0.15) is 11.1 Å². The lowest BCUT2D eigenvalue weighted by molar-refractivity contribution is 1.20. The van der Waals surface area contributed by atoms with Gasteiger partial charge in [0, 0.05) is 16.4 Å². The average molecular weight is 233 g/mol. The van der Waals surface area contributed by atoms with Gasteiger partial charge in [0.25, 0.3) is 0 Å². The summed E-state index contributed by atoms with van der Waals surface area (Å²) in [6, 6.07) is 13.3. The monoisotopic (exact) mass is 232 g/mol. The molecule has 0 aliphatic rings. The van der Waals surface area contributed by atoms with Crippen LogP contribution in [-0.2, 0) is 6.42 Å². The molecule has 2 aromatic rings. The summed E-state index contributed by atoms with van der Waals surface area (Å²) in [4.78, 5) is 0. The molecule has 2 rings (SSSR count). The summed E-state index contributed by atoms with van der Waals surface area (Å²) in [7, 11) is 0. The maximum atomic E-state index is 5.93. The molecule has 0 bridgehead atoms. The van der Waals surface area contributed by atoms with Gasteiger partial charge in [-0.05, 0) is 47.9 Å². The topological polar surface area (TPSA) is 52.0 Å². The van der Waals surface area contributed by atoms with Crippen LogP contribution < -0.4 is 11.5 Å². The molecule has 0 fully saturated rings. The van der Waals surface area contributed by atoms with Gasteiger partial charge in [-0.15, -0.1) is 0 Å². The number of anilines is 2. The van der Waals surface area contributed by atoms with Gasteiger partial charge < -0.3 is 11.5 Å². The summed E-state index contributed by atoms with van der Waals surface area (Å²) >= 11 is 5.93. The Hall–Kier alpha value is -1.67. The molecule has 0 aliphatic carbocycles. The number of nitrogen functional groups attached to an aromatic ring is 2. The van der Waals surface area contributed by atoms with Crippen molar-refractivity contribution in [1.29, 1.82) is 0 Å². The predicted octanol–water partition coefficient (Wildman–Crippen LogP) is 3.10. The van der Waals surface area contributed by atoms with E-state index in [4.69, 9.17) is 23.1 Å². The first kappa shape index (κ1) is 10.8. The number of benzene rings is 2. The molecular formula is C13H13ClN2. The van der Waals surface area contributed by atoms with Crippen molar-refractivity contribution in [3.8, 4) is 0 Å². The SMILES string of the molecule is Nc1ccc(N)c(Cc2cccc(Cl)c2)c1. The standard InChI is InChI=1S/C13H13ClN2/c14-11-3-1-2-9(7-11)6-10-8-12(15)4-5-13(10)16/h1-5,7-8H,6,15-16H2. The third-order valence-corrected chi connectivity index (χ3v) is 2.69. The van der Waals surface area contributed by atoms with Gasteiger partial charge in [0.1, 0.15) is 0 Å². The Bertz CT molecular complexity index is 509. The molecule has 0 aromatic heterocycles. The molecule has 2 aromatic carbocycles. The predicted molar refractivity (Wildman–Crippen MR) is 69.5 cm³/mol. The van der Waals surface area contributed by atoms with Crippen LogP contribution >= 0.6 is 11.6 Å². The maximum absolute atomic E-state index is 5.93. The second-order valence-electron chi connectivity index (χ2n) is 3.76. The van der Waals surface area contributed by atoms with Crippen LogP contribution in [0.3, 0.4) is 0 Å². The highest BCUT2D eigenvalue weighted by Gasteiger charge is 2.02. The van der Waals surface area contributed by atoms with E-state index in [0.717, 1.165) is 33.9 Å². The first-order valence-electron chi connectivity index (χ1n) is 5.03. The zero-order valence-electron chi connectivity index (χ0n) is 8.78. The van der Waals surface area contributed by atoms with Crippen molar-refractivity contribution < 1.29 is 0 Å². The molecule has 4 N–H and O–H groups in total. The van der Waals surface area contributed by atoms with E-state index in [1.165, 1.54) is 0 Å². The molecule has 16 heavy (non-hydrogen) atoms. The zero-order valence-corrected chi connectivity index (χ0v) is 9.54. The fraction of sp³-hybridized carbons (Fsp3) is 0.0769. The number of halogens is 1. The van der Waals surface area contributed by atoms with Crippen molar-refractivity contribution in [2.24, 2.45) is 0 Å². The number of nitrogens with two attached hydrogens (primary N) is 2. The Morgan fingerprint density at radius 2 is 1.81 bits per heavy atom. The van der Waals surface area contributed by atoms with Crippen molar-refractivity contribution in [2.75, 3.05) is 11.5 Å². The zero-order chi connectivity index (χ0) is 11.5. The molecule has 0 atom stereocenters. The van der Waals surface area contributed by atoms with E-state index < -0.39 is 0 Å². The molecule has 82 valence electrons. The minimum Gasteiger partial charge on any atom is -0.399 e. The lowest BCUT2D eigenvalue weighted by Gasteiger charge is -2.07. The fourth-order valence-electron chi connectivity index (χ4n) is 1.65. The van der Waals surface area contributed by atoms with Crippen LogP contribution in [-0.4, -0.2) is 0 Å². The second kappa shape index (κ2) is 4.45. The molecule has 0 radical (unpaired) electrons. The van der Waals surface area contributed by atoms with Crippen LogP contribution in [0, 0.1) is 0 Å². The summed E-state index contributed by atoms with van der Waals surface area (Å²) in [6.07, 6.45) is 0.747. The maximum Gasteiger partial charge on any atom is 0.0408 e. The van der Waals surface area contributed by atoms with E-state index >= 15 is 0 Å². The van der Waals surface area contributed by atoms with Crippen LogP contribution in [0.2, 0.25) is 5.02 Å². The lowest BCUT2D eigenvalue weighted by atomic mass is 10.0. The van der Waals surface area contributed by atoms with Crippen LogP contribution in [0.4, 0.5) is 11.4 Å². The van der Waals surface area contributed by atoms with Gasteiger partial charge in [0.05, 0.1) is 0 Å². The van der Waals surface area contributed by atoms with E-state index in [0.29, 0.717) is 0 Å². The van der Waals surface area contributed by atoms with Gasteiger partial charge >= 0.3 is 0 Å². The van der Waals surface area contributed by atoms with E-state index in [1.807, 2.05) is 36.4 Å². The van der Waals surface area contributed by atoms with Gasteiger partial charge in [-0.2, -0.15) is 0 Å². The van der Waals surface area contributed by atoms with E-state index in [1.54, 1.807) is 6.07 Å². The molecule has 2 nitrogen and oxygen atoms in total. The van der Waals surface area contributed by atoms with Gasteiger partial charge in [-0.25, -0.2) is 0 Å². The minimum atomic E-state index is 0.728. The third kappa shape index (κ3) is 2.47. The van der Waals surface area contributed by atoms with Crippen LogP contribution in [0.25, 0.3) is 0 Å². The van der Waals surface area contributed by atoms with Crippen LogP contribution in [0.5, 0.6) is 0 Å². The molecule has 0 amide bonds. The Balaban J connectivity index is 2.30. The quantitative estimate of drug-likeness (QED) is 0.782. The number of rotatable bonds is 2. The molecule has 0 spiro atoms. The molecular weight excluding hydrogens is 220 g/mol. The highest BCUT2D eigenvalue weighted by molar-refractivity contribution is 6.30. The van der Waals surface area contributed by atoms with E-state index in [-0.39, 0.29) is 0 Å². The van der Waals surface area contributed by atoms with Crippen molar-refractivity contribution in [1.82, 2.24) is 0 Å². The second-order valence-corrected chi connectivity index (χ2v) is 4.20. The molecule has 0 saturated heterocycles. The summed E-state index contributed by atoms with van der Waals surface area (Å²) in [5, 5.41) is 0.736. The first-order valence-corrected chi connectivity index (χ1v) is 5.41. The van der Waals surface area contributed by atoms with Crippen molar-refractivity contribution in [3.05, 3.63) is 58.6 Å². The first-order chi connectivity index (χ1) is 7.65. The Morgan fingerprint density at radius 1 is 1.00 bits per heavy atom. The number of hydrogen-bond donors (Lipinski definition) is 2. The molecule has 0 aliphatic heterocycles. The molecule has 3 heteroatoms. The highest BCUT2D eigenvalue weighted by atomic mass is 35.5. The minimum absolute atomic E-state index is 0.728. The highest BCUT2D eigenvalue weighted by Crippen LogP contribution is 2.20. The summed E-state index contributed by atoms with van der Waals surface area (Å²) in [5.74, 6) is 0. The number of hydrogen-bond acceptors (Lipinski definition) is 2. The molecule has 0 heterocycles. The van der Waals surface area contributed by atoms with Crippen molar-refractivity contribution >= 4 is 23.0 Å². The van der Waals surface area contributed by atoms with E-state index in [9.17, 15) is 0 Å². The van der Waals surface area contributed by atoms with Crippen molar-refractivity contribution in [2.45, 2.75) is 6.42 Å². The van der Waals surface area contributed by atoms with Crippen molar-refractivity contribution in [3.63, 3.8) is 0 Å². The largest absolute Gasteiger partial charge is 0.399 e. The lowest BCUT2D eigenvalue weighted by Crippen LogP contribution is -1.97. The van der Waals surface area contributed by atoms with Gasteiger partial charge in [0.15, 0.2) is 0 Å². The molecule has 0 saturated carbocycles. The van der Waals surface area contributed by atoms with Gasteiger partial charge in [-0.3, -0.25) is 0 Å².